The predicted molar refractivity (Wildman–Crippen MR) is 122 cm³/mol. The minimum Gasteiger partial charge on any atom is -0.379 e. The first-order chi connectivity index (χ1) is 13.9. The third kappa shape index (κ3) is 10.3. The van der Waals surface area contributed by atoms with Gasteiger partial charge in [-0.05, 0) is 83.2 Å². The predicted octanol–water partition coefficient (Wildman–Crippen LogP) is 5.36. The summed E-state index contributed by atoms with van der Waals surface area (Å²) < 4.78 is 5.66. The third-order valence-corrected chi connectivity index (χ3v) is 6.90. The van der Waals surface area contributed by atoms with Gasteiger partial charge in [-0.15, -0.1) is 0 Å². The number of ether oxygens (including phenoxy) is 1. The molecule has 29 heavy (non-hydrogen) atoms. The molecule has 0 unspecified atom stereocenters. The monoisotopic (exact) mass is 408 g/mol. The Bertz CT molecular complexity index is 436. The molecular formula is C25H48N2O2. The molecule has 0 aromatic heterocycles. The molecule has 4 nitrogen and oxygen atoms in total. The largest absolute Gasteiger partial charge is 0.379 e. The third-order valence-electron chi connectivity index (χ3n) is 6.90. The molecule has 2 fully saturated rings. The van der Waals surface area contributed by atoms with E-state index in [0.29, 0.717) is 17.9 Å². The number of rotatable bonds is 12. The minimum atomic E-state index is 0.360. The first kappa shape index (κ1) is 24.7. The van der Waals surface area contributed by atoms with E-state index in [0.717, 1.165) is 44.4 Å². The zero-order chi connectivity index (χ0) is 21.1. The lowest BCUT2D eigenvalue weighted by Crippen LogP contribution is -2.38. The summed E-state index contributed by atoms with van der Waals surface area (Å²) >= 11 is 0. The van der Waals surface area contributed by atoms with Crippen LogP contribution in [0.1, 0.15) is 91.9 Å². The minimum absolute atomic E-state index is 0.360. The number of carbonyl (C=O) groups excluding carboxylic acids is 1. The highest BCUT2D eigenvalue weighted by Gasteiger charge is 2.23. The van der Waals surface area contributed by atoms with Crippen LogP contribution in [0.15, 0.2) is 0 Å². The van der Waals surface area contributed by atoms with Gasteiger partial charge in [0.25, 0.3) is 0 Å². The van der Waals surface area contributed by atoms with Gasteiger partial charge in [-0.1, -0.05) is 33.1 Å². The number of amides is 1. The Labute approximate surface area is 180 Å². The van der Waals surface area contributed by atoms with E-state index >= 15 is 0 Å². The summed E-state index contributed by atoms with van der Waals surface area (Å²) in [7, 11) is 0. The molecule has 0 aliphatic carbocycles. The molecule has 0 aromatic rings. The smallest absolute Gasteiger partial charge is 0.222 e. The molecule has 170 valence electrons. The molecule has 2 saturated heterocycles. The van der Waals surface area contributed by atoms with Crippen LogP contribution in [0.4, 0.5) is 0 Å². The molecular weight excluding hydrogens is 360 g/mol. The Morgan fingerprint density at radius 3 is 2.03 bits per heavy atom. The summed E-state index contributed by atoms with van der Waals surface area (Å²) in [6.45, 7) is 15.3. The van der Waals surface area contributed by atoms with Crippen LogP contribution in [-0.2, 0) is 9.53 Å². The Kier molecular flexibility index (Phi) is 11.6. The lowest BCUT2D eigenvalue weighted by atomic mass is 9.86. The normalized spacial score (nSPS) is 20.1. The van der Waals surface area contributed by atoms with Crippen LogP contribution in [0.3, 0.4) is 0 Å². The van der Waals surface area contributed by atoms with E-state index in [2.05, 4.69) is 37.5 Å². The second kappa shape index (κ2) is 13.6. The van der Waals surface area contributed by atoms with E-state index in [1.54, 1.807) is 0 Å². The van der Waals surface area contributed by atoms with Crippen LogP contribution in [-0.4, -0.2) is 61.1 Å². The van der Waals surface area contributed by atoms with Gasteiger partial charge >= 0.3 is 0 Å². The van der Waals surface area contributed by atoms with Crippen LogP contribution in [0, 0.1) is 17.8 Å². The van der Waals surface area contributed by atoms with Gasteiger partial charge in [0, 0.05) is 32.7 Å². The van der Waals surface area contributed by atoms with Crippen LogP contribution in [0.5, 0.6) is 0 Å². The molecule has 0 bridgehead atoms. The number of hydrogen-bond acceptors (Lipinski definition) is 3. The second-order valence-corrected chi connectivity index (χ2v) is 10.2. The van der Waals surface area contributed by atoms with Gasteiger partial charge in [0.05, 0.1) is 6.10 Å². The number of hydrogen-bond donors (Lipinski definition) is 0. The van der Waals surface area contributed by atoms with E-state index in [1.807, 2.05) is 0 Å². The first-order valence-electron chi connectivity index (χ1n) is 12.6. The standard InChI is InChI=1S/C25H48N2O2/c1-21(2)9-10-25(28)27-18-13-24(14-19-27)8-5-7-23-11-16-26(17-12-23)15-6-20-29-22(3)4/h21-24H,5-20H2,1-4H3. The molecule has 0 N–H and O–H groups in total. The van der Waals surface area contributed by atoms with Crippen molar-refractivity contribution in [3.8, 4) is 0 Å². The van der Waals surface area contributed by atoms with Crippen LogP contribution in [0.25, 0.3) is 0 Å². The zero-order valence-electron chi connectivity index (χ0n) is 19.8. The molecule has 1 amide bonds. The van der Waals surface area contributed by atoms with Gasteiger partial charge in [0.15, 0.2) is 0 Å². The summed E-state index contributed by atoms with van der Waals surface area (Å²) in [4.78, 5) is 17.0. The molecule has 2 heterocycles. The molecule has 2 rings (SSSR count). The van der Waals surface area contributed by atoms with E-state index in [1.165, 1.54) is 71.0 Å². The fourth-order valence-corrected chi connectivity index (χ4v) is 4.84. The maximum Gasteiger partial charge on any atom is 0.222 e. The molecule has 4 heteroatoms. The lowest BCUT2D eigenvalue weighted by Gasteiger charge is -2.34. The summed E-state index contributed by atoms with van der Waals surface area (Å²) in [5.41, 5.74) is 0. The van der Waals surface area contributed by atoms with Gasteiger partial charge in [-0.3, -0.25) is 4.79 Å². The highest BCUT2D eigenvalue weighted by molar-refractivity contribution is 5.76. The topological polar surface area (TPSA) is 32.8 Å². The van der Waals surface area contributed by atoms with Crippen molar-refractivity contribution in [3.05, 3.63) is 0 Å². The highest BCUT2D eigenvalue weighted by Crippen LogP contribution is 2.27. The molecule has 0 aromatic carbocycles. The lowest BCUT2D eigenvalue weighted by molar-refractivity contribution is -0.132. The first-order valence-corrected chi connectivity index (χ1v) is 12.6. The van der Waals surface area contributed by atoms with Crippen molar-refractivity contribution in [2.45, 2.75) is 98.0 Å². The van der Waals surface area contributed by atoms with Crippen molar-refractivity contribution in [3.63, 3.8) is 0 Å². The fourth-order valence-electron chi connectivity index (χ4n) is 4.84. The summed E-state index contributed by atoms with van der Waals surface area (Å²) in [6, 6.07) is 0. The molecule has 0 atom stereocenters. The number of carbonyl (C=O) groups is 1. The molecule has 0 spiro atoms. The molecule has 2 aliphatic rings. The Hall–Kier alpha value is -0.610. The summed E-state index contributed by atoms with van der Waals surface area (Å²) in [6.07, 6.45) is 12.7. The van der Waals surface area contributed by atoms with Crippen LogP contribution >= 0.6 is 0 Å². The van der Waals surface area contributed by atoms with Gasteiger partial charge in [-0.2, -0.15) is 0 Å². The van der Waals surface area contributed by atoms with Crippen LogP contribution in [0.2, 0.25) is 0 Å². The maximum absolute atomic E-state index is 12.3. The Morgan fingerprint density at radius 2 is 1.48 bits per heavy atom. The number of nitrogens with zero attached hydrogens (tertiary/aromatic N) is 2. The quantitative estimate of drug-likeness (QED) is 0.408. The van der Waals surface area contributed by atoms with Gasteiger partial charge in [0.1, 0.15) is 0 Å². The molecule has 0 radical (unpaired) electrons. The SMILES string of the molecule is CC(C)CCC(=O)N1CCC(CCCC2CCN(CCCOC(C)C)CC2)CC1. The summed E-state index contributed by atoms with van der Waals surface area (Å²) in [5, 5.41) is 0. The average molecular weight is 409 g/mol. The Balaban J connectivity index is 1.49. The van der Waals surface area contributed by atoms with E-state index in [4.69, 9.17) is 4.74 Å². The Morgan fingerprint density at radius 1 is 0.897 bits per heavy atom. The summed E-state index contributed by atoms with van der Waals surface area (Å²) in [5.74, 6) is 2.81. The van der Waals surface area contributed by atoms with Crippen molar-refractivity contribution in [1.82, 2.24) is 9.80 Å². The van der Waals surface area contributed by atoms with Crippen molar-refractivity contribution < 1.29 is 9.53 Å². The zero-order valence-corrected chi connectivity index (χ0v) is 19.8. The highest BCUT2D eigenvalue weighted by atomic mass is 16.5. The van der Waals surface area contributed by atoms with Crippen molar-refractivity contribution in [2.75, 3.05) is 39.3 Å². The second-order valence-electron chi connectivity index (χ2n) is 10.2. The molecule has 0 saturated carbocycles. The number of likely N-dealkylation sites (tertiary alicyclic amines) is 2. The van der Waals surface area contributed by atoms with Gasteiger partial charge in [0.2, 0.25) is 5.91 Å². The van der Waals surface area contributed by atoms with Crippen LogP contribution < -0.4 is 0 Å². The van der Waals surface area contributed by atoms with E-state index < -0.39 is 0 Å². The van der Waals surface area contributed by atoms with Crippen molar-refractivity contribution in [1.29, 1.82) is 0 Å². The molecule has 2 aliphatic heterocycles. The average Bonchev–Trinajstić information content (AvgIpc) is 2.71. The van der Waals surface area contributed by atoms with E-state index in [9.17, 15) is 4.79 Å². The van der Waals surface area contributed by atoms with Gasteiger partial charge in [-0.25, -0.2) is 0 Å². The van der Waals surface area contributed by atoms with Crippen molar-refractivity contribution >= 4 is 5.91 Å². The maximum atomic E-state index is 12.3. The van der Waals surface area contributed by atoms with Crippen molar-refractivity contribution in [2.24, 2.45) is 17.8 Å². The van der Waals surface area contributed by atoms with E-state index in [-0.39, 0.29) is 0 Å². The fraction of sp³-hybridized carbons (Fsp3) is 0.960. The van der Waals surface area contributed by atoms with Gasteiger partial charge < -0.3 is 14.5 Å². The number of piperidine rings is 2.